The Balaban J connectivity index is 1.87. The van der Waals surface area contributed by atoms with Crippen molar-refractivity contribution in [2.45, 2.75) is 13.0 Å². The van der Waals surface area contributed by atoms with Crippen LogP contribution in [-0.4, -0.2) is 18.8 Å². The summed E-state index contributed by atoms with van der Waals surface area (Å²) in [6.45, 7) is 2.00. The predicted octanol–water partition coefficient (Wildman–Crippen LogP) is 4.84. The van der Waals surface area contributed by atoms with E-state index in [2.05, 4.69) is 0 Å². The summed E-state index contributed by atoms with van der Waals surface area (Å²) in [6.07, 6.45) is -0.835. The van der Waals surface area contributed by atoms with Crippen LogP contribution in [0.3, 0.4) is 0 Å². The van der Waals surface area contributed by atoms with E-state index in [1.165, 1.54) is 17.7 Å². The molecular weight excluding hydrogens is 478 g/mol. The van der Waals surface area contributed by atoms with E-state index in [9.17, 15) is 14.7 Å². The first kappa shape index (κ1) is 22.2. The van der Waals surface area contributed by atoms with Crippen molar-refractivity contribution in [1.29, 1.82) is 0 Å². The summed E-state index contributed by atoms with van der Waals surface area (Å²) in [6, 6.07) is 20.2. The largest absolute Gasteiger partial charge is 0.508 e. The molecule has 3 heterocycles. The van der Waals surface area contributed by atoms with Crippen LogP contribution in [0.25, 0.3) is 27.8 Å². The lowest BCUT2D eigenvalue weighted by Crippen LogP contribution is -2.37. The number of fused-ring (bicyclic) bond motifs is 5. The van der Waals surface area contributed by atoms with Crippen molar-refractivity contribution in [2.75, 3.05) is 0 Å². The van der Waals surface area contributed by atoms with Crippen molar-refractivity contribution in [3.63, 3.8) is 0 Å². The van der Waals surface area contributed by atoms with Crippen LogP contribution in [0.1, 0.15) is 22.9 Å². The van der Waals surface area contributed by atoms with Gasteiger partial charge in [-0.15, -0.1) is 0 Å². The normalized spacial score (nSPS) is 14.4. The van der Waals surface area contributed by atoms with Crippen molar-refractivity contribution >= 4 is 22.5 Å². The van der Waals surface area contributed by atoms with Crippen molar-refractivity contribution in [3.05, 3.63) is 109 Å². The third-order valence-electron chi connectivity index (χ3n) is 6.80. The number of hydrogen-bond donors (Lipinski definition) is 1. The molecule has 3 aromatic carbocycles. The Morgan fingerprint density at radius 2 is 1.67 bits per heavy atom. The first-order chi connectivity index (χ1) is 17.3. The van der Waals surface area contributed by atoms with Gasteiger partial charge in [-0.05, 0) is 42.8 Å². The highest BCUT2D eigenvalue weighted by atomic mass is 35.5. The predicted molar refractivity (Wildman–Crippen MR) is 140 cm³/mol. The van der Waals surface area contributed by atoms with Crippen LogP contribution in [0.4, 0.5) is 0 Å². The van der Waals surface area contributed by atoms with Crippen molar-refractivity contribution < 1.29 is 9.84 Å². The summed E-state index contributed by atoms with van der Waals surface area (Å²) in [5, 5.41) is 11.6. The Kier molecular flexibility index (Phi) is 4.88. The van der Waals surface area contributed by atoms with Gasteiger partial charge in [-0.1, -0.05) is 53.6 Å². The van der Waals surface area contributed by atoms with Gasteiger partial charge in [0.15, 0.2) is 6.10 Å². The van der Waals surface area contributed by atoms with Crippen LogP contribution >= 0.6 is 11.6 Å². The summed E-state index contributed by atoms with van der Waals surface area (Å²) >= 11 is 6.32. The van der Waals surface area contributed by atoms with E-state index < -0.39 is 17.4 Å². The molecule has 0 aliphatic carbocycles. The summed E-state index contributed by atoms with van der Waals surface area (Å²) in [5.41, 5.74) is 3.86. The van der Waals surface area contributed by atoms with Crippen molar-refractivity contribution in [2.24, 2.45) is 14.1 Å². The van der Waals surface area contributed by atoms with Gasteiger partial charge < -0.3 is 14.4 Å². The minimum absolute atomic E-state index is 0.00426. The topological polar surface area (TPSA) is 78.4 Å². The van der Waals surface area contributed by atoms with Gasteiger partial charge >= 0.3 is 5.69 Å². The molecule has 1 aliphatic rings. The van der Waals surface area contributed by atoms with Crippen LogP contribution < -0.4 is 16.0 Å². The third-order valence-corrected chi connectivity index (χ3v) is 7.04. The van der Waals surface area contributed by atoms with Gasteiger partial charge in [-0.25, -0.2) is 4.79 Å². The lowest BCUT2D eigenvalue weighted by atomic mass is 10.0. The summed E-state index contributed by atoms with van der Waals surface area (Å²) < 4.78 is 11.0. The molecule has 1 N–H and O–H groups in total. The number of rotatable bonds is 2. The van der Waals surface area contributed by atoms with E-state index in [1.807, 2.05) is 60.0 Å². The highest BCUT2D eigenvalue weighted by Crippen LogP contribution is 2.48. The number of phenolic OH excluding ortho intramolecular Hbond substituents is 1. The Bertz CT molecular complexity index is 1810. The van der Waals surface area contributed by atoms with Crippen molar-refractivity contribution in [1.82, 2.24) is 13.7 Å². The van der Waals surface area contributed by atoms with Crippen molar-refractivity contribution in [3.8, 4) is 28.4 Å². The molecule has 0 unspecified atom stereocenters. The number of halogens is 1. The number of phenols is 1. The van der Waals surface area contributed by atoms with Gasteiger partial charge in [0.2, 0.25) is 0 Å². The smallest absolute Gasteiger partial charge is 0.331 e. The van der Waals surface area contributed by atoms with Gasteiger partial charge in [0, 0.05) is 24.7 Å². The number of nitrogens with zero attached hydrogens (tertiary/aromatic N) is 3. The summed E-state index contributed by atoms with van der Waals surface area (Å²) in [4.78, 5) is 26.8. The SMILES string of the molecule is Cc1ccc(-c2c3c(=O)n(C)c(=O)n(C)c3c3n2-c2ccccc2O[C@@H]3c2cc(Cl)ccc2O)cc1. The van der Waals surface area contributed by atoms with Crippen LogP contribution in [0, 0.1) is 6.92 Å². The lowest BCUT2D eigenvalue weighted by Gasteiger charge is -2.30. The van der Waals surface area contributed by atoms with Crippen LogP contribution in [0.15, 0.2) is 76.3 Å². The highest BCUT2D eigenvalue weighted by molar-refractivity contribution is 6.30. The monoisotopic (exact) mass is 499 g/mol. The zero-order valence-electron chi connectivity index (χ0n) is 19.8. The lowest BCUT2D eigenvalue weighted by molar-refractivity contribution is 0.224. The number of aryl methyl sites for hydroxylation is 2. The maximum atomic E-state index is 13.7. The maximum absolute atomic E-state index is 13.7. The van der Waals surface area contributed by atoms with E-state index in [0.717, 1.165) is 21.4 Å². The fourth-order valence-electron chi connectivity index (χ4n) is 5.04. The van der Waals surface area contributed by atoms with E-state index in [4.69, 9.17) is 16.3 Å². The molecule has 2 aromatic heterocycles. The molecule has 36 heavy (non-hydrogen) atoms. The first-order valence-corrected chi connectivity index (χ1v) is 11.8. The minimum Gasteiger partial charge on any atom is -0.508 e. The second-order valence-corrected chi connectivity index (χ2v) is 9.47. The Morgan fingerprint density at radius 1 is 0.944 bits per heavy atom. The molecule has 0 fully saturated rings. The second kappa shape index (κ2) is 7.90. The molecule has 1 aliphatic heterocycles. The van der Waals surface area contributed by atoms with E-state index in [1.54, 1.807) is 19.2 Å². The zero-order valence-corrected chi connectivity index (χ0v) is 20.6. The van der Waals surface area contributed by atoms with Gasteiger partial charge in [0.25, 0.3) is 5.56 Å². The molecule has 6 rings (SSSR count). The van der Waals surface area contributed by atoms with Gasteiger partial charge in [-0.3, -0.25) is 13.9 Å². The molecule has 0 amide bonds. The average Bonchev–Trinajstić information content (AvgIpc) is 3.24. The van der Waals surface area contributed by atoms with E-state index in [-0.39, 0.29) is 5.75 Å². The third kappa shape index (κ3) is 3.06. The van der Waals surface area contributed by atoms with E-state index >= 15 is 0 Å². The van der Waals surface area contributed by atoms with Crippen LogP contribution in [0.2, 0.25) is 5.02 Å². The number of aromatic hydroxyl groups is 1. The standard InChI is InChI=1S/C28H22ClN3O4/c1-15-8-10-16(11-9-15)23-22-24(30(2)28(35)31(3)27(22)34)25-26(18-14-17(29)12-13-20(18)33)36-21-7-5-4-6-19(21)32(23)25/h4-14,26,33H,1-3H3/t26-/m1/s1. The van der Waals surface area contributed by atoms with Crippen LogP contribution in [-0.2, 0) is 14.1 Å². The molecule has 0 bridgehead atoms. The number of benzene rings is 3. The van der Waals surface area contributed by atoms with E-state index in [0.29, 0.717) is 38.6 Å². The van der Waals surface area contributed by atoms with Gasteiger partial charge in [0.05, 0.1) is 28.0 Å². The number of hydrogen-bond acceptors (Lipinski definition) is 4. The fraction of sp³-hybridized carbons (Fsp3) is 0.143. The molecular formula is C28H22ClN3O4. The Hall–Kier alpha value is -4.23. The van der Waals surface area contributed by atoms with Crippen LogP contribution in [0.5, 0.6) is 11.5 Å². The first-order valence-electron chi connectivity index (χ1n) is 11.4. The molecule has 7 nitrogen and oxygen atoms in total. The molecule has 5 aromatic rings. The average molecular weight is 500 g/mol. The Morgan fingerprint density at radius 3 is 2.42 bits per heavy atom. The number of ether oxygens (including phenoxy) is 1. The fourth-order valence-corrected chi connectivity index (χ4v) is 5.22. The quantitative estimate of drug-likeness (QED) is 0.377. The molecule has 0 saturated heterocycles. The molecule has 0 saturated carbocycles. The molecule has 1 atom stereocenters. The molecule has 0 spiro atoms. The summed E-state index contributed by atoms with van der Waals surface area (Å²) in [5.74, 6) is 0.570. The molecule has 180 valence electrons. The van der Waals surface area contributed by atoms with Gasteiger partial charge in [0.1, 0.15) is 11.5 Å². The zero-order chi connectivity index (χ0) is 25.3. The number of aromatic nitrogens is 3. The number of para-hydroxylation sites is 2. The summed E-state index contributed by atoms with van der Waals surface area (Å²) in [7, 11) is 3.11. The highest BCUT2D eigenvalue weighted by Gasteiger charge is 2.37. The Labute approximate surface area is 211 Å². The maximum Gasteiger partial charge on any atom is 0.331 e. The molecule has 8 heteroatoms. The molecule has 0 radical (unpaired) electrons. The van der Waals surface area contributed by atoms with Gasteiger partial charge in [-0.2, -0.15) is 0 Å². The second-order valence-electron chi connectivity index (χ2n) is 9.03. The minimum atomic E-state index is -0.835.